The van der Waals surface area contributed by atoms with Crippen LogP contribution in [0.25, 0.3) is 0 Å². The Labute approximate surface area is 167 Å². The van der Waals surface area contributed by atoms with E-state index in [2.05, 4.69) is 20.6 Å². The molecule has 1 amide bonds. The number of anilines is 1. The Morgan fingerprint density at radius 3 is 2.41 bits per heavy atom. The number of carbonyl (C=O) groups is 1. The topological polar surface area (TPSA) is 85.4 Å². The highest BCUT2D eigenvalue weighted by Crippen LogP contribution is 2.16. The van der Waals surface area contributed by atoms with Gasteiger partial charge in [0.1, 0.15) is 23.9 Å². The highest BCUT2D eigenvalue weighted by Gasteiger charge is 2.08. The SMILES string of the molecule is COc1ccc(OCCNc2ncc(C(=O)NCc3ccccc3F)cn2)cc1. The van der Waals surface area contributed by atoms with Gasteiger partial charge in [-0.15, -0.1) is 0 Å². The molecule has 2 aromatic carbocycles. The first-order valence-electron chi connectivity index (χ1n) is 9.00. The minimum Gasteiger partial charge on any atom is -0.497 e. The van der Waals surface area contributed by atoms with Crippen molar-refractivity contribution in [2.75, 3.05) is 25.6 Å². The second-order valence-electron chi connectivity index (χ2n) is 6.02. The second kappa shape index (κ2) is 10.0. The predicted octanol–water partition coefficient (Wildman–Crippen LogP) is 3.05. The average Bonchev–Trinajstić information content (AvgIpc) is 2.77. The zero-order valence-electron chi connectivity index (χ0n) is 15.9. The summed E-state index contributed by atoms with van der Waals surface area (Å²) < 4.78 is 24.3. The molecule has 0 aliphatic carbocycles. The van der Waals surface area contributed by atoms with Gasteiger partial charge in [0.25, 0.3) is 5.91 Å². The van der Waals surface area contributed by atoms with Gasteiger partial charge in [-0.3, -0.25) is 4.79 Å². The Hall–Kier alpha value is -3.68. The number of ether oxygens (including phenoxy) is 2. The molecule has 0 atom stereocenters. The van der Waals surface area contributed by atoms with Gasteiger partial charge >= 0.3 is 0 Å². The fourth-order valence-corrected chi connectivity index (χ4v) is 2.46. The molecule has 8 heteroatoms. The number of methoxy groups -OCH3 is 1. The second-order valence-corrected chi connectivity index (χ2v) is 6.02. The van der Waals surface area contributed by atoms with Crippen molar-refractivity contribution >= 4 is 11.9 Å². The molecule has 29 heavy (non-hydrogen) atoms. The molecule has 0 aliphatic rings. The Balaban J connectivity index is 1.42. The van der Waals surface area contributed by atoms with Gasteiger partial charge in [0.15, 0.2) is 0 Å². The van der Waals surface area contributed by atoms with Gasteiger partial charge in [0, 0.05) is 24.5 Å². The third-order valence-corrected chi connectivity index (χ3v) is 4.02. The fraction of sp³-hybridized carbons (Fsp3) is 0.190. The molecule has 1 aromatic heterocycles. The quantitative estimate of drug-likeness (QED) is 0.541. The molecule has 1 heterocycles. The maximum atomic E-state index is 13.6. The molecule has 3 rings (SSSR count). The summed E-state index contributed by atoms with van der Waals surface area (Å²) in [4.78, 5) is 20.4. The van der Waals surface area contributed by atoms with Crippen LogP contribution in [0.3, 0.4) is 0 Å². The molecular weight excluding hydrogens is 375 g/mol. The number of benzene rings is 2. The monoisotopic (exact) mass is 396 g/mol. The van der Waals surface area contributed by atoms with E-state index in [9.17, 15) is 9.18 Å². The van der Waals surface area contributed by atoms with Crippen molar-refractivity contribution < 1.29 is 18.7 Å². The van der Waals surface area contributed by atoms with Crippen LogP contribution in [0.5, 0.6) is 11.5 Å². The van der Waals surface area contributed by atoms with Gasteiger partial charge in [-0.2, -0.15) is 0 Å². The number of amides is 1. The summed E-state index contributed by atoms with van der Waals surface area (Å²) >= 11 is 0. The summed E-state index contributed by atoms with van der Waals surface area (Å²) in [6.45, 7) is 1.000. The largest absolute Gasteiger partial charge is 0.497 e. The maximum absolute atomic E-state index is 13.6. The van der Waals surface area contributed by atoms with E-state index in [1.165, 1.54) is 18.5 Å². The number of hydrogen-bond donors (Lipinski definition) is 2. The van der Waals surface area contributed by atoms with Crippen LogP contribution in [0.2, 0.25) is 0 Å². The summed E-state index contributed by atoms with van der Waals surface area (Å²) in [5, 5.41) is 5.66. The Morgan fingerprint density at radius 1 is 1.03 bits per heavy atom. The fourth-order valence-electron chi connectivity index (χ4n) is 2.46. The van der Waals surface area contributed by atoms with Gasteiger partial charge in [0.05, 0.1) is 19.2 Å². The molecule has 2 N–H and O–H groups in total. The molecule has 0 radical (unpaired) electrons. The summed E-state index contributed by atoms with van der Waals surface area (Å²) in [5.74, 6) is 1.15. The summed E-state index contributed by atoms with van der Waals surface area (Å²) in [5.41, 5.74) is 0.707. The highest BCUT2D eigenvalue weighted by atomic mass is 19.1. The average molecular weight is 396 g/mol. The van der Waals surface area contributed by atoms with E-state index in [-0.39, 0.29) is 18.3 Å². The Kier molecular flexibility index (Phi) is 6.94. The molecule has 0 unspecified atom stereocenters. The molecule has 0 fully saturated rings. The molecule has 0 saturated heterocycles. The van der Waals surface area contributed by atoms with Crippen LogP contribution in [0.4, 0.5) is 10.3 Å². The van der Waals surface area contributed by atoms with E-state index in [1.807, 2.05) is 24.3 Å². The van der Waals surface area contributed by atoms with Crippen molar-refractivity contribution in [1.29, 1.82) is 0 Å². The number of rotatable bonds is 9. The van der Waals surface area contributed by atoms with Crippen LogP contribution in [0.15, 0.2) is 60.9 Å². The van der Waals surface area contributed by atoms with Crippen molar-refractivity contribution in [3.63, 3.8) is 0 Å². The number of nitrogens with zero attached hydrogens (tertiary/aromatic N) is 2. The molecule has 0 bridgehead atoms. The summed E-state index contributed by atoms with van der Waals surface area (Å²) in [6, 6.07) is 13.6. The lowest BCUT2D eigenvalue weighted by atomic mass is 10.2. The third kappa shape index (κ3) is 5.90. The van der Waals surface area contributed by atoms with Gasteiger partial charge in [0.2, 0.25) is 5.95 Å². The number of hydrogen-bond acceptors (Lipinski definition) is 6. The smallest absolute Gasteiger partial charge is 0.254 e. The first-order valence-corrected chi connectivity index (χ1v) is 9.00. The predicted molar refractivity (Wildman–Crippen MR) is 107 cm³/mol. The van der Waals surface area contributed by atoms with Crippen LogP contribution < -0.4 is 20.1 Å². The molecular formula is C21H21FN4O3. The van der Waals surface area contributed by atoms with Gasteiger partial charge in [-0.25, -0.2) is 14.4 Å². The number of carbonyl (C=O) groups excluding carboxylic acids is 1. The molecule has 7 nitrogen and oxygen atoms in total. The summed E-state index contributed by atoms with van der Waals surface area (Å²) in [6.07, 6.45) is 2.83. The normalized spacial score (nSPS) is 10.3. The Morgan fingerprint density at radius 2 is 1.72 bits per heavy atom. The standard InChI is InChI=1S/C21H21FN4O3/c1-28-17-6-8-18(9-7-17)29-11-10-23-21-25-13-16(14-26-21)20(27)24-12-15-4-2-3-5-19(15)22/h2-9,13-14H,10-12H2,1H3,(H,24,27)(H,23,25,26). The van der Waals surface area contributed by atoms with E-state index in [4.69, 9.17) is 9.47 Å². The number of nitrogens with one attached hydrogen (secondary N) is 2. The van der Waals surface area contributed by atoms with E-state index in [0.29, 0.717) is 30.2 Å². The van der Waals surface area contributed by atoms with Crippen LogP contribution in [-0.4, -0.2) is 36.1 Å². The lowest BCUT2D eigenvalue weighted by Gasteiger charge is -2.09. The van der Waals surface area contributed by atoms with E-state index >= 15 is 0 Å². The van der Waals surface area contributed by atoms with Gasteiger partial charge < -0.3 is 20.1 Å². The molecule has 3 aromatic rings. The molecule has 0 aliphatic heterocycles. The molecule has 0 saturated carbocycles. The van der Waals surface area contributed by atoms with Crippen LogP contribution >= 0.6 is 0 Å². The first-order chi connectivity index (χ1) is 14.2. The Bertz CT molecular complexity index is 933. The van der Waals surface area contributed by atoms with Crippen LogP contribution in [-0.2, 0) is 6.54 Å². The molecule has 0 spiro atoms. The minimum atomic E-state index is -0.373. The van der Waals surface area contributed by atoms with Crippen LogP contribution in [0.1, 0.15) is 15.9 Å². The van der Waals surface area contributed by atoms with Crippen molar-refractivity contribution in [3.05, 3.63) is 77.9 Å². The van der Waals surface area contributed by atoms with Crippen molar-refractivity contribution in [2.45, 2.75) is 6.54 Å². The zero-order chi connectivity index (χ0) is 20.5. The lowest BCUT2D eigenvalue weighted by Crippen LogP contribution is -2.24. The first kappa shape index (κ1) is 20.1. The number of aromatic nitrogens is 2. The van der Waals surface area contributed by atoms with Gasteiger partial charge in [-0.05, 0) is 30.3 Å². The molecule has 150 valence electrons. The highest BCUT2D eigenvalue weighted by molar-refractivity contribution is 5.93. The third-order valence-electron chi connectivity index (χ3n) is 4.02. The van der Waals surface area contributed by atoms with Crippen molar-refractivity contribution in [3.8, 4) is 11.5 Å². The van der Waals surface area contributed by atoms with Gasteiger partial charge in [-0.1, -0.05) is 18.2 Å². The van der Waals surface area contributed by atoms with Crippen LogP contribution in [0, 0.1) is 5.82 Å². The van der Waals surface area contributed by atoms with Crippen molar-refractivity contribution in [1.82, 2.24) is 15.3 Å². The van der Waals surface area contributed by atoms with Crippen molar-refractivity contribution in [2.24, 2.45) is 0 Å². The minimum absolute atomic E-state index is 0.0915. The zero-order valence-corrected chi connectivity index (χ0v) is 15.9. The lowest BCUT2D eigenvalue weighted by molar-refractivity contribution is 0.0950. The number of halogens is 1. The van der Waals surface area contributed by atoms with E-state index in [1.54, 1.807) is 25.3 Å². The summed E-state index contributed by atoms with van der Waals surface area (Å²) in [7, 11) is 1.61. The maximum Gasteiger partial charge on any atom is 0.254 e. The van der Waals surface area contributed by atoms with E-state index < -0.39 is 0 Å². The van der Waals surface area contributed by atoms with E-state index in [0.717, 1.165) is 11.5 Å².